The number of hydrogen-bond acceptors (Lipinski definition) is 2. The highest BCUT2D eigenvalue weighted by Gasteiger charge is 2.36. The Morgan fingerprint density at radius 2 is 0.704 bits per heavy atom. The number of nitrogens with zero attached hydrogens (tertiary/aromatic N) is 2. The van der Waals surface area contributed by atoms with Gasteiger partial charge in [-0.1, -0.05) is 167 Å². The number of hydrogen-bond donors (Lipinski definition) is 0. The molecule has 0 radical (unpaired) electrons. The Bertz CT molecular complexity index is 2600. The van der Waals surface area contributed by atoms with E-state index in [1.165, 1.54) is 61.2 Å². The molecule has 0 N–H and O–H groups in total. The van der Waals surface area contributed by atoms with Gasteiger partial charge < -0.3 is 0 Å². The van der Waals surface area contributed by atoms with Gasteiger partial charge >= 0.3 is 0 Å². The number of fused-ring (bicyclic) bond motifs is 6. The molecule has 7 aromatic carbocycles. The van der Waals surface area contributed by atoms with Crippen molar-refractivity contribution in [2.75, 3.05) is 0 Å². The molecule has 54 heavy (non-hydrogen) atoms. The van der Waals surface area contributed by atoms with Crippen LogP contribution in [0.2, 0.25) is 0 Å². The molecule has 0 fully saturated rings. The number of aromatic nitrogens is 2. The predicted molar refractivity (Wildman–Crippen MR) is 224 cm³/mol. The molecular formula is C52H40N2. The minimum absolute atomic E-state index is 0.0543. The second-order valence-corrected chi connectivity index (χ2v) is 15.9. The van der Waals surface area contributed by atoms with E-state index in [1.807, 2.05) is 6.07 Å². The van der Waals surface area contributed by atoms with Crippen LogP contribution in [0.4, 0.5) is 0 Å². The van der Waals surface area contributed by atoms with Crippen LogP contribution < -0.4 is 0 Å². The van der Waals surface area contributed by atoms with Crippen molar-refractivity contribution in [1.29, 1.82) is 0 Å². The SMILES string of the molecule is CC1(C)c2ccccc2-c2ccc(-c3cccc(-c4cc(-c5ccccc5)nc(-c5cccc(-c6ccc7c(c6)C(C)(C)c6ccccc6-7)c5)n4)c3)cc21. The summed E-state index contributed by atoms with van der Waals surface area (Å²) in [6.07, 6.45) is 0. The Hall–Kier alpha value is -6.38. The zero-order chi connectivity index (χ0) is 36.6. The summed E-state index contributed by atoms with van der Waals surface area (Å²) in [4.78, 5) is 10.5. The summed E-state index contributed by atoms with van der Waals surface area (Å²) in [7, 11) is 0. The molecule has 1 aromatic heterocycles. The van der Waals surface area contributed by atoms with Gasteiger partial charge in [-0.15, -0.1) is 0 Å². The van der Waals surface area contributed by atoms with Gasteiger partial charge in [-0.2, -0.15) is 0 Å². The molecule has 0 saturated heterocycles. The van der Waals surface area contributed by atoms with Crippen LogP contribution in [0.15, 0.2) is 170 Å². The normalized spacial score (nSPS) is 14.2. The quantitative estimate of drug-likeness (QED) is 0.179. The fourth-order valence-corrected chi connectivity index (χ4v) is 8.94. The minimum atomic E-state index is -0.0584. The van der Waals surface area contributed by atoms with Gasteiger partial charge in [0.1, 0.15) is 0 Å². The summed E-state index contributed by atoms with van der Waals surface area (Å²) in [5.74, 6) is 0.713. The Balaban J connectivity index is 1.05. The number of benzene rings is 7. The second-order valence-electron chi connectivity index (χ2n) is 15.9. The highest BCUT2D eigenvalue weighted by molar-refractivity contribution is 5.86. The van der Waals surface area contributed by atoms with Crippen molar-refractivity contribution < 1.29 is 0 Å². The van der Waals surface area contributed by atoms with Crippen LogP contribution in [0, 0.1) is 0 Å². The minimum Gasteiger partial charge on any atom is -0.228 e. The molecule has 0 amide bonds. The Morgan fingerprint density at radius 1 is 0.296 bits per heavy atom. The average Bonchev–Trinajstić information content (AvgIpc) is 3.60. The lowest BCUT2D eigenvalue weighted by atomic mass is 9.81. The van der Waals surface area contributed by atoms with Crippen LogP contribution in [-0.4, -0.2) is 9.97 Å². The Kier molecular flexibility index (Phi) is 7.22. The summed E-state index contributed by atoms with van der Waals surface area (Å²) >= 11 is 0. The van der Waals surface area contributed by atoms with E-state index in [1.54, 1.807) is 0 Å². The smallest absolute Gasteiger partial charge is 0.160 e. The van der Waals surface area contributed by atoms with Gasteiger partial charge in [0.25, 0.3) is 0 Å². The molecule has 0 spiro atoms. The molecule has 2 heteroatoms. The van der Waals surface area contributed by atoms with Crippen LogP contribution in [0.25, 0.3) is 78.4 Å². The third-order valence-electron chi connectivity index (χ3n) is 11.9. The van der Waals surface area contributed by atoms with E-state index < -0.39 is 0 Å². The maximum Gasteiger partial charge on any atom is 0.160 e. The van der Waals surface area contributed by atoms with Crippen molar-refractivity contribution in [2.24, 2.45) is 0 Å². The average molecular weight is 693 g/mol. The molecule has 10 rings (SSSR count). The van der Waals surface area contributed by atoms with E-state index in [9.17, 15) is 0 Å². The number of rotatable bonds is 5. The highest BCUT2D eigenvalue weighted by atomic mass is 14.9. The molecule has 0 saturated carbocycles. The van der Waals surface area contributed by atoms with Crippen molar-refractivity contribution in [3.05, 3.63) is 192 Å². The molecule has 2 aliphatic carbocycles. The van der Waals surface area contributed by atoms with Gasteiger partial charge in [0, 0.05) is 27.5 Å². The molecule has 0 atom stereocenters. The van der Waals surface area contributed by atoms with Gasteiger partial charge in [0.05, 0.1) is 11.4 Å². The molecular weight excluding hydrogens is 653 g/mol. The maximum atomic E-state index is 5.27. The third kappa shape index (κ3) is 5.09. The van der Waals surface area contributed by atoms with Crippen LogP contribution >= 0.6 is 0 Å². The van der Waals surface area contributed by atoms with Crippen LogP contribution in [0.3, 0.4) is 0 Å². The summed E-state index contributed by atoms with van der Waals surface area (Å²) in [6.45, 7) is 9.35. The first-order valence-corrected chi connectivity index (χ1v) is 18.9. The lowest BCUT2D eigenvalue weighted by Gasteiger charge is -2.22. The van der Waals surface area contributed by atoms with E-state index >= 15 is 0 Å². The highest BCUT2D eigenvalue weighted by Crippen LogP contribution is 2.51. The molecule has 1 heterocycles. The van der Waals surface area contributed by atoms with Crippen LogP contribution in [0.5, 0.6) is 0 Å². The Morgan fingerprint density at radius 3 is 1.28 bits per heavy atom. The van der Waals surface area contributed by atoms with E-state index in [2.05, 4.69) is 191 Å². The van der Waals surface area contributed by atoms with Crippen molar-refractivity contribution in [2.45, 2.75) is 38.5 Å². The molecule has 0 unspecified atom stereocenters. The fourth-order valence-electron chi connectivity index (χ4n) is 8.94. The first kappa shape index (κ1) is 32.3. The van der Waals surface area contributed by atoms with E-state index in [0.717, 1.165) is 33.6 Å². The second kappa shape index (κ2) is 12.1. The molecule has 0 bridgehead atoms. The Labute approximate surface area is 317 Å². The summed E-state index contributed by atoms with van der Waals surface area (Å²) in [6, 6.07) is 61.6. The van der Waals surface area contributed by atoms with E-state index in [0.29, 0.717) is 5.82 Å². The predicted octanol–water partition coefficient (Wildman–Crippen LogP) is 13.4. The first-order valence-electron chi connectivity index (χ1n) is 18.9. The van der Waals surface area contributed by atoms with Crippen LogP contribution in [-0.2, 0) is 10.8 Å². The van der Waals surface area contributed by atoms with Gasteiger partial charge in [-0.05, 0) is 97.1 Å². The van der Waals surface area contributed by atoms with E-state index in [-0.39, 0.29) is 10.8 Å². The lowest BCUT2D eigenvalue weighted by Crippen LogP contribution is -2.14. The van der Waals surface area contributed by atoms with Crippen molar-refractivity contribution >= 4 is 0 Å². The van der Waals surface area contributed by atoms with Crippen molar-refractivity contribution in [1.82, 2.24) is 9.97 Å². The van der Waals surface area contributed by atoms with Crippen LogP contribution in [0.1, 0.15) is 49.9 Å². The topological polar surface area (TPSA) is 25.8 Å². The first-order chi connectivity index (χ1) is 26.3. The lowest BCUT2D eigenvalue weighted by molar-refractivity contribution is 0.660. The zero-order valence-corrected chi connectivity index (χ0v) is 31.1. The van der Waals surface area contributed by atoms with Crippen molar-refractivity contribution in [3.63, 3.8) is 0 Å². The van der Waals surface area contributed by atoms with Gasteiger partial charge in [-0.3, -0.25) is 0 Å². The fraction of sp³-hybridized carbons (Fsp3) is 0.115. The standard InChI is InChI=1S/C52H40N2/c1-51(2)44-22-10-8-20-40(44)42-26-24-36(30-46(42)51)34-16-12-18-38(28-34)49-32-48(33-14-6-5-7-15-33)53-50(54-49)39-19-13-17-35(29-39)37-25-27-43-41-21-9-11-23-45(41)52(3,4)47(43)31-37/h5-32H,1-4H3. The third-order valence-corrected chi connectivity index (χ3v) is 11.9. The summed E-state index contributed by atoms with van der Waals surface area (Å²) < 4.78 is 0. The maximum absolute atomic E-state index is 5.27. The zero-order valence-electron chi connectivity index (χ0n) is 31.1. The molecule has 2 aliphatic rings. The summed E-state index contributed by atoms with van der Waals surface area (Å²) in [5.41, 5.74) is 20.4. The molecule has 0 aliphatic heterocycles. The molecule has 8 aromatic rings. The van der Waals surface area contributed by atoms with Crippen molar-refractivity contribution in [3.8, 4) is 78.4 Å². The van der Waals surface area contributed by atoms with E-state index in [4.69, 9.17) is 9.97 Å². The largest absolute Gasteiger partial charge is 0.228 e. The van der Waals surface area contributed by atoms with Gasteiger partial charge in [-0.25, -0.2) is 9.97 Å². The monoisotopic (exact) mass is 692 g/mol. The molecule has 258 valence electrons. The van der Waals surface area contributed by atoms with Gasteiger partial charge in [0.2, 0.25) is 0 Å². The molecule has 2 nitrogen and oxygen atoms in total. The summed E-state index contributed by atoms with van der Waals surface area (Å²) in [5, 5.41) is 0. The van der Waals surface area contributed by atoms with Gasteiger partial charge in [0.15, 0.2) is 5.82 Å².